The molecule has 2 atom stereocenters. The van der Waals surface area contributed by atoms with Gasteiger partial charge < -0.3 is 5.32 Å². The summed E-state index contributed by atoms with van der Waals surface area (Å²) < 4.78 is 0. The summed E-state index contributed by atoms with van der Waals surface area (Å²) in [5, 5.41) is 3.60. The third-order valence-corrected chi connectivity index (χ3v) is 4.42. The van der Waals surface area contributed by atoms with Gasteiger partial charge in [0.15, 0.2) is 0 Å². The zero-order valence-electron chi connectivity index (χ0n) is 13.4. The van der Waals surface area contributed by atoms with E-state index in [4.69, 9.17) is 0 Å². The number of rotatable bonds is 3. The number of hydrogen-bond acceptors (Lipinski definition) is 1. The first-order valence-corrected chi connectivity index (χ1v) is 8.01. The molecule has 20 heavy (non-hydrogen) atoms. The minimum Gasteiger partial charge on any atom is -0.310 e. The lowest BCUT2D eigenvalue weighted by molar-refractivity contribution is 0.326. The Bertz CT molecular complexity index is 436. The van der Waals surface area contributed by atoms with Crippen LogP contribution in [-0.4, -0.2) is 12.6 Å². The molecule has 110 valence electrons. The topological polar surface area (TPSA) is 12.0 Å². The average molecular weight is 271 g/mol. The summed E-state index contributed by atoms with van der Waals surface area (Å²) in [6, 6.07) is 9.52. The third kappa shape index (κ3) is 4.21. The molecule has 1 saturated heterocycles. The summed E-state index contributed by atoms with van der Waals surface area (Å²) in [6.07, 6.45) is 8.54. The monoisotopic (exact) mass is 271 g/mol. The van der Waals surface area contributed by atoms with E-state index in [9.17, 15) is 0 Å². The first-order chi connectivity index (χ1) is 9.49. The van der Waals surface area contributed by atoms with Crippen LogP contribution in [0.3, 0.4) is 0 Å². The van der Waals surface area contributed by atoms with E-state index in [0.717, 1.165) is 12.5 Å². The molecule has 2 rings (SSSR count). The Labute approximate surface area is 124 Å². The third-order valence-electron chi connectivity index (χ3n) is 4.42. The Balaban J connectivity index is 1.97. The van der Waals surface area contributed by atoms with Crippen LogP contribution in [0, 0.1) is 5.92 Å². The minimum absolute atomic E-state index is 0.238. The van der Waals surface area contributed by atoms with Crippen molar-refractivity contribution >= 4 is 6.08 Å². The fourth-order valence-electron chi connectivity index (χ4n) is 2.87. The van der Waals surface area contributed by atoms with Gasteiger partial charge in [-0.25, -0.2) is 0 Å². The van der Waals surface area contributed by atoms with Crippen LogP contribution < -0.4 is 5.32 Å². The number of nitrogens with one attached hydrogen (secondary N) is 1. The molecule has 1 aliphatic heterocycles. The molecule has 1 nitrogen and oxygen atoms in total. The molecular formula is C19H29N. The molecular weight excluding hydrogens is 242 g/mol. The van der Waals surface area contributed by atoms with E-state index < -0.39 is 0 Å². The van der Waals surface area contributed by atoms with E-state index in [1.165, 1.54) is 30.4 Å². The quantitative estimate of drug-likeness (QED) is 0.834. The second kappa shape index (κ2) is 6.58. The summed E-state index contributed by atoms with van der Waals surface area (Å²) in [4.78, 5) is 0. The van der Waals surface area contributed by atoms with Gasteiger partial charge in [0.2, 0.25) is 0 Å². The van der Waals surface area contributed by atoms with Gasteiger partial charge in [0.25, 0.3) is 0 Å². The van der Waals surface area contributed by atoms with Crippen molar-refractivity contribution in [1.29, 1.82) is 0 Å². The van der Waals surface area contributed by atoms with Gasteiger partial charge >= 0.3 is 0 Å². The Kier molecular flexibility index (Phi) is 5.04. The zero-order chi connectivity index (χ0) is 14.6. The summed E-state index contributed by atoms with van der Waals surface area (Å²) in [5.41, 5.74) is 2.94. The normalized spacial score (nSPS) is 24.2. The van der Waals surface area contributed by atoms with Crippen molar-refractivity contribution < 1.29 is 0 Å². The van der Waals surface area contributed by atoms with Crippen molar-refractivity contribution in [3.8, 4) is 0 Å². The summed E-state index contributed by atoms with van der Waals surface area (Å²) in [7, 11) is 0. The first kappa shape index (κ1) is 15.3. The molecule has 0 aliphatic carbocycles. The van der Waals surface area contributed by atoms with E-state index in [2.05, 4.69) is 69.4 Å². The van der Waals surface area contributed by atoms with Crippen molar-refractivity contribution in [2.75, 3.05) is 6.54 Å². The maximum absolute atomic E-state index is 3.60. The lowest BCUT2D eigenvalue weighted by Gasteiger charge is -2.27. The largest absolute Gasteiger partial charge is 0.310 e. The minimum atomic E-state index is 0.238. The highest BCUT2D eigenvalue weighted by Crippen LogP contribution is 2.23. The second-order valence-electron chi connectivity index (χ2n) is 7.09. The molecule has 2 unspecified atom stereocenters. The lowest BCUT2D eigenvalue weighted by Crippen LogP contribution is -2.36. The van der Waals surface area contributed by atoms with Crippen LogP contribution in [0.4, 0.5) is 0 Å². The van der Waals surface area contributed by atoms with E-state index in [-0.39, 0.29) is 5.41 Å². The second-order valence-corrected chi connectivity index (χ2v) is 7.09. The SMILES string of the molecule is CCC1CCNC(/C=C/c2ccc(C(C)(C)C)cc2)C1. The Hall–Kier alpha value is -1.08. The highest BCUT2D eigenvalue weighted by atomic mass is 14.9. The van der Waals surface area contributed by atoms with Crippen molar-refractivity contribution in [2.45, 2.75) is 58.4 Å². The first-order valence-electron chi connectivity index (χ1n) is 8.01. The van der Waals surface area contributed by atoms with Crippen LogP contribution in [0.25, 0.3) is 6.08 Å². The maximum atomic E-state index is 3.60. The molecule has 0 spiro atoms. The van der Waals surface area contributed by atoms with Gasteiger partial charge in [-0.1, -0.05) is 70.5 Å². The smallest absolute Gasteiger partial charge is 0.0255 e. The highest BCUT2D eigenvalue weighted by molar-refractivity contribution is 5.51. The van der Waals surface area contributed by atoms with Crippen LogP contribution in [0.5, 0.6) is 0 Å². The Morgan fingerprint density at radius 2 is 1.90 bits per heavy atom. The van der Waals surface area contributed by atoms with Crippen molar-refractivity contribution in [3.05, 3.63) is 41.5 Å². The van der Waals surface area contributed by atoms with Gasteiger partial charge in [0, 0.05) is 6.04 Å². The van der Waals surface area contributed by atoms with Crippen molar-refractivity contribution in [3.63, 3.8) is 0 Å². The van der Waals surface area contributed by atoms with E-state index in [1.54, 1.807) is 0 Å². The van der Waals surface area contributed by atoms with Gasteiger partial charge in [0.05, 0.1) is 0 Å². The van der Waals surface area contributed by atoms with E-state index in [0.29, 0.717) is 6.04 Å². The molecule has 0 saturated carbocycles. The maximum Gasteiger partial charge on any atom is 0.0255 e. The molecule has 0 bridgehead atoms. The summed E-state index contributed by atoms with van der Waals surface area (Å²) >= 11 is 0. The fraction of sp³-hybridized carbons (Fsp3) is 0.579. The van der Waals surface area contributed by atoms with Gasteiger partial charge in [0.1, 0.15) is 0 Å². The van der Waals surface area contributed by atoms with E-state index in [1.807, 2.05) is 0 Å². The van der Waals surface area contributed by atoms with Crippen molar-refractivity contribution in [2.24, 2.45) is 5.92 Å². The van der Waals surface area contributed by atoms with Gasteiger partial charge in [-0.15, -0.1) is 0 Å². The predicted octanol–water partition coefficient (Wildman–Crippen LogP) is 4.78. The van der Waals surface area contributed by atoms with Gasteiger partial charge in [-0.2, -0.15) is 0 Å². The molecule has 1 heterocycles. The standard InChI is InChI=1S/C19H29N/c1-5-15-12-13-20-18(14-15)11-8-16-6-9-17(10-7-16)19(2,3)4/h6-11,15,18,20H,5,12-14H2,1-4H3/b11-8+. The molecule has 1 aromatic rings. The van der Waals surface area contributed by atoms with Crippen LogP contribution in [0.2, 0.25) is 0 Å². The van der Waals surface area contributed by atoms with Crippen LogP contribution in [0.15, 0.2) is 30.3 Å². The Morgan fingerprint density at radius 3 is 2.50 bits per heavy atom. The highest BCUT2D eigenvalue weighted by Gasteiger charge is 2.17. The van der Waals surface area contributed by atoms with Gasteiger partial charge in [-0.05, 0) is 41.8 Å². The van der Waals surface area contributed by atoms with E-state index >= 15 is 0 Å². The number of benzene rings is 1. The molecule has 0 radical (unpaired) electrons. The predicted molar refractivity (Wildman–Crippen MR) is 89.0 cm³/mol. The summed E-state index contributed by atoms with van der Waals surface area (Å²) in [5.74, 6) is 0.897. The Morgan fingerprint density at radius 1 is 1.20 bits per heavy atom. The summed E-state index contributed by atoms with van der Waals surface area (Å²) in [6.45, 7) is 10.2. The number of piperidine rings is 1. The lowest BCUT2D eigenvalue weighted by atomic mass is 9.86. The number of hydrogen-bond donors (Lipinski definition) is 1. The molecule has 1 heteroatoms. The fourth-order valence-corrected chi connectivity index (χ4v) is 2.87. The molecule has 1 aromatic carbocycles. The average Bonchev–Trinajstić information content (AvgIpc) is 2.45. The molecule has 0 amide bonds. The van der Waals surface area contributed by atoms with Crippen LogP contribution >= 0.6 is 0 Å². The molecule has 0 aromatic heterocycles. The van der Waals surface area contributed by atoms with Crippen LogP contribution in [-0.2, 0) is 5.41 Å². The molecule has 1 fully saturated rings. The van der Waals surface area contributed by atoms with Crippen molar-refractivity contribution in [1.82, 2.24) is 5.32 Å². The molecule has 1 aliphatic rings. The molecule has 1 N–H and O–H groups in total. The zero-order valence-corrected chi connectivity index (χ0v) is 13.4. The van der Waals surface area contributed by atoms with Gasteiger partial charge in [-0.3, -0.25) is 0 Å². The van der Waals surface area contributed by atoms with Crippen LogP contribution in [0.1, 0.15) is 58.1 Å².